The summed E-state index contributed by atoms with van der Waals surface area (Å²) in [5.74, 6) is -0.946. The highest BCUT2D eigenvalue weighted by atomic mass is 16.5. The van der Waals surface area contributed by atoms with E-state index in [-0.39, 0.29) is 46.9 Å². The standard InChI is InChI=1S/C21H27BN2O7/c1-24(2)5-6-29-12(11-24)7-18(25)23-9-13(10-23)30-17-4-3-14-15-8-16(15)22(28)31-20(14)19(17)21(26)27/h3-4,12-13,15-16,28H,5-11H2,1-2H3/t12-,15+,16+/m0/s1. The minimum absolute atomic E-state index is 0.0172. The molecule has 1 aromatic carbocycles. The van der Waals surface area contributed by atoms with E-state index in [9.17, 15) is 19.7 Å². The van der Waals surface area contributed by atoms with E-state index in [1.165, 1.54) is 0 Å². The number of benzene rings is 1. The molecule has 2 saturated heterocycles. The summed E-state index contributed by atoms with van der Waals surface area (Å²) in [6, 6.07) is 3.43. The lowest BCUT2D eigenvalue weighted by molar-refractivity contribution is -0.901. The molecule has 0 spiro atoms. The third-order valence-corrected chi connectivity index (χ3v) is 6.84. The van der Waals surface area contributed by atoms with E-state index < -0.39 is 13.1 Å². The number of carboxylic acid groups (broad SMARTS) is 1. The lowest BCUT2D eigenvalue weighted by atomic mass is 9.77. The summed E-state index contributed by atoms with van der Waals surface area (Å²) < 4.78 is 18.0. The fourth-order valence-corrected chi connectivity index (χ4v) is 4.89. The first-order chi connectivity index (χ1) is 14.7. The number of likely N-dealkylation sites (N-methyl/N-ethyl adjacent to an activating group) is 1. The van der Waals surface area contributed by atoms with Crippen molar-refractivity contribution in [1.29, 1.82) is 0 Å². The molecule has 4 aliphatic rings. The average molecular weight is 430 g/mol. The zero-order valence-corrected chi connectivity index (χ0v) is 17.8. The molecule has 1 aromatic rings. The Morgan fingerprint density at radius 2 is 2.13 bits per heavy atom. The molecule has 9 nitrogen and oxygen atoms in total. The maximum Gasteiger partial charge on any atom is 0.526 e. The molecule has 31 heavy (non-hydrogen) atoms. The van der Waals surface area contributed by atoms with Gasteiger partial charge in [0.05, 0.1) is 51.7 Å². The number of ether oxygens (including phenoxy) is 2. The van der Waals surface area contributed by atoms with Gasteiger partial charge in [0.2, 0.25) is 5.91 Å². The molecule has 1 amide bonds. The Morgan fingerprint density at radius 1 is 1.35 bits per heavy atom. The first-order valence-corrected chi connectivity index (χ1v) is 10.8. The molecule has 1 aliphatic carbocycles. The van der Waals surface area contributed by atoms with E-state index in [4.69, 9.17) is 14.1 Å². The Kier molecular flexibility index (Phi) is 4.91. The van der Waals surface area contributed by atoms with Crippen molar-refractivity contribution in [2.24, 2.45) is 0 Å². The molecular weight excluding hydrogens is 403 g/mol. The van der Waals surface area contributed by atoms with E-state index in [1.807, 2.05) is 0 Å². The van der Waals surface area contributed by atoms with Crippen molar-refractivity contribution in [3.05, 3.63) is 23.3 Å². The molecule has 0 aromatic heterocycles. The fraction of sp³-hybridized carbons (Fsp3) is 0.619. The lowest BCUT2D eigenvalue weighted by Gasteiger charge is -2.41. The smallest absolute Gasteiger partial charge is 0.526 e. The number of hydrogen-bond acceptors (Lipinski definition) is 7. The topological polar surface area (TPSA) is 108 Å². The number of rotatable bonds is 5. The maximum absolute atomic E-state index is 12.6. The molecule has 0 bridgehead atoms. The highest BCUT2D eigenvalue weighted by Gasteiger charge is 2.54. The minimum atomic E-state index is -1.40. The van der Waals surface area contributed by atoms with Crippen molar-refractivity contribution in [1.82, 2.24) is 4.90 Å². The van der Waals surface area contributed by atoms with E-state index in [0.29, 0.717) is 26.1 Å². The molecule has 1 saturated carbocycles. The van der Waals surface area contributed by atoms with Gasteiger partial charge in [-0.2, -0.15) is 0 Å². The second-order valence-corrected chi connectivity index (χ2v) is 9.74. The van der Waals surface area contributed by atoms with Gasteiger partial charge in [-0.1, -0.05) is 6.07 Å². The minimum Gasteiger partial charge on any atom is -0.545 e. The van der Waals surface area contributed by atoms with E-state index >= 15 is 0 Å². The summed E-state index contributed by atoms with van der Waals surface area (Å²) in [5, 5.41) is 21.9. The van der Waals surface area contributed by atoms with Gasteiger partial charge in [-0.15, -0.1) is 0 Å². The van der Waals surface area contributed by atoms with Gasteiger partial charge >= 0.3 is 7.12 Å². The number of quaternary nitrogens is 1. The predicted octanol–water partition coefficient (Wildman–Crippen LogP) is -0.765. The molecule has 1 N–H and O–H groups in total. The van der Waals surface area contributed by atoms with Crippen LogP contribution in [0.3, 0.4) is 0 Å². The zero-order chi connectivity index (χ0) is 21.9. The van der Waals surface area contributed by atoms with Crippen molar-refractivity contribution in [2.75, 3.05) is 46.9 Å². The van der Waals surface area contributed by atoms with Crippen molar-refractivity contribution in [3.63, 3.8) is 0 Å². The zero-order valence-electron chi connectivity index (χ0n) is 17.8. The molecule has 5 rings (SSSR count). The second kappa shape index (κ2) is 7.39. The number of carbonyl (C=O) groups excluding carboxylic acids is 2. The van der Waals surface area contributed by atoms with Crippen molar-refractivity contribution in [3.8, 4) is 11.5 Å². The van der Waals surface area contributed by atoms with Gasteiger partial charge in [0.1, 0.15) is 36.8 Å². The highest BCUT2D eigenvalue weighted by molar-refractivity contribution is 6.48. The molecular formula is C21H27BN2O7. The average Bonchev–Trinajstić information content (AvgIpc) is 3.44. The quantitative estimate of drug-likeness (QED) is 0.483. The van der Waals surface area contributed by atoms with Gasteiger partial charge in [0.15, 0.2) is 0 Å². The van der Waals surface area contributed by atoms with Crippen LogP contribution in [0.25, 0.3) is 0 Å². The Hall–Kier alpha value is -2.30. The van der Waals surface area contributed by atoms with Gasteiger partial charge in [0, 0.05) is 5.82 Å². The monoisotopic (exact) mass is 430 g/mol. The summed E-state index contributed by atoms with van der Waals surface area (Å²) in [7, 11) is 3.26. The number of amides is 1. The van der Waals surface area contributed by atoms with Crippen LogP contribution in [0, 0.1) is 0 Å². The molecule has 166 valence electrons. The summed E-state index contributed by atoms with van der Waals surface area (Å²) in [6.45, 7) is 3.17. The van der Waals surface area contributed by atoms with E-state index in [1.54, 1.807) is 17.0 Å². The summed E-state index contributed by atoms with van der Waals surface area (Å²) in [4.78, 5) is 26.1. The molecule has 3 fully saturated rings. The first kappa shape index (κ1) is 20.6. The molecule has 0 unspecified atom stereocenters. The van der Waals surface area contributed by atoms with Crippen LogP contribution >= 0.6 is 0 Å². The van der Waals surface area contributed by atoms with Crippen LogP contribution < -0.4 is 14.5 Å². The van der Waals surface area contributed by atoms with Gasteiger partial charge in [-0.3, -0.25) is 4.79 Å². The summed E-state index contributed by atoms with van der Waals surface area (Å²) >= 11 is 0. The number of hydrogen-bond donors (Lipinski definition) is 1. The van der Waals surface area contributed by atoms with Gasteiger partial charge in [-0.25, -0.2) is 0 Å². The number of nitrogens with zero attached hydrogens (tertiary/aromatic N) is 2. The highest BCUT2D eigenvalue weighted by Crippen LogP contribution is 2.60. The van der Waals surface area contributed by atoms with Crippen LogP contribution in [0.15, 0.2) is 12.1 Å². The van der Waals surface area contributed by atoms with E-state index in [2.05, 4.69) is 14.1 Å². The Labute approximate surface area is 181 Å². The number of carbonyl (C=O) groups is 2. The van der Waals surface area contributed by atoms with Crippen LogP contribution in [0.2, 0.25) is 5.82 Å². The number of carboxylic acids is 1. The third-order valence-electron chi connectivity index (χ3n) is 6.84. The summed E-state index contributed by atoms with van der Waals surface area (Å²) in [6.07, 6.45) is 0.728. The van der Waals surface area contributed by atoms with E-state index in [0.717, 1.165) is 29.6 Å². The summed E-state index contributed by atoms with van der Waals surface area (Å²) in [5.41, 5.74) is 0.614. The van der Waals surface area contributed by atoms with Crippen LogP contribution in [0.5, 0.6) is 11.5 Å². The molecule has 10 heteroatoms. The Bertz CT molecular complexity index is 917. The number of likely N-dealkylation sites (tertiary alicyclic amines) is 1. The van der Waals surface area contributed by atoms with Crippen molar-refractivity contribution < 1.29 is 38.3 Å². The Balaban J connectivity index is 1.21. The predicted molar refractivity (Wildman–Crippen MR) is 108 cm³/mol. The number of aromatic carboxylic acids is 1. The van der Waals surface area contributed by atoms with Crippen molar-refractivity contribution in [2.45, 2.75) is 36.8 Å². The molecule has 3 heterocycles. The largest absolute Gasteiger partial charge is 0.545 e. The number of morpholine rings is 1. The van der Waals surface area contributed by atoms with Crippen LogP contribution in [-0.4, -0.2) is 92.5 Å². The molecule has 0 radical (unpaired) electrons. The second-order valence-electron chi connectivity index (χ2n) is 9.74. The van der Waals surface area contributed by atoms with Gasteiger partial charge < -0.3 is 38.4 Å². The Morgan fingerprint density at radius 3 is 2.84 bits per heavy atom. The third kappa shape index (κ3) is 3.88. The first-order valence-electron chi connectivity index (χ1n) is 10.8. The SMILES string of the molecule is C[N+]1(C)CCO[C@@H](CC(=O)N2CC(Oc3ccc4c(c3C(=O)[O-])OB(O)[C@@H]3C[C@H]43)C2)C1. The van der Waals surface area contributed by atoms with Gasteiger partial charge in [0.25, 0.3) is 0 Å². The van der Waals surface area contributed by atoms with Gasteiger partial charge in [-0.05, 0) is 24.0 Å². The lowest BCUT2D eigenvalue weighted by Crippen LogP contribution is -2.58. The van der Waals surface area contributed by atoms with Crippen LogP contribution in [-0.2, 0) is 9.53 Å². The van der Waals surface area contributed by atoms with Crippen LogP contribution in [0.4, 0.5) is 0 Å². The fourth-order valence-electron chi connectivity index (χ4n) is 4.89. The molecule has 3 aliphatic heterocycles. The van der Waals surface area contributed by atoms with Crippen molar-refractivity contribution >= 4 is 19.0 Å². The van der Waals surface area contributed by atoms with Crippen LogP contribution in [0.1, 0.15) is 34.7 Å². The number of fused-ring (bicyclic) bond motifs is 3. The maximum atomic E-state index is 12.6. The molecule has 3 atom stereocenters. The normalized spacial score (nSPS) is 28.7.